The lowest BCUT2D eigenvalue weighted by Crippen LogP contribution is -2.37. The van der Waals surface area contributed by atoms with Crippen LogP contribution < -0.4 is 5.73 Å². The number of rotatable bonds is 5. The Balaban J connectivity index is 1.95. The molecule has 1 aliphatic heterocycles. The molecule has 1 heterocycles. The van der Waals surface area contributed by atoms with Gasteiger partial charge >= 0.3 is 0 Å². The van der Waals surface area contributed by atoms with Crippen LogP contribution in [0.25, 0.3) is 0 Å². The maximum atomic E-state index is 10.4. The van der Waals surface area contributed by atoms with E-state index >= 15 is 0 Å². The van der Waals surface area contributed by atoms with Crippen molar-refractivity contribution in [3.63, 3.8) is 0 Å². The molecule has 0 atom stereocenters. The maximum absolute atomic E-state index is 10.4. The number of hydrogen-bond donors (Lipinski definition) is 1. The second-order valence-corrected chi connectivity index (χ2v) is 4.08. The molecule has 0 unspecified atom stereocenters. The van der Waals surface area contributed by atoms with Gasteiger partial charge in [-0.1, -0.05) is 0 Å². The predicted molar refractivity (Wildman–Crippen MR) is 53.8 cm³/mol. The number of nitrogens with two attached hydrogens (primary N) is 1. The zero-order valence-electron chi connectivity index (χ0n) is 7.70. The lowest BCUT2D eigenvalue weighted by Gasteiger charge is -2.26. The quantitative estimate of drug-likeness (QED) is 0.616. The van der Waals surface area contributed by atoms with E-state index in [0.717, 1.165) is 38.6 Å². The first-order valence-corrected chi connectivity index (χ1v) is 5.60. The minimum Gasteiger partial charge on any atom is -0.379 e. The van der Waals surface area contributed by atoms with Crippen molar-refractivity contribution in [3.8, 4) is 0 Å². The van der Waals surface area contributed by atoms with Crippen LogP contribution in [-0.4, -0.2) is 55.2 Å². The van der Waals surface area contributed by atoms with Crippen LogP contribution in [0.2, 0.25) is 0 Å². The Morgan fingerprint density at radius 2 is 2.15 bits per heavy atom. The molecule has 5 heteroatoms. The van der Waals surface area contributed by atoms with Crippen LogP contribution in [0.1, 0.15) is 0 Å². The summed E-state index contributed by atoms with van der Waals surface area (Å²) in [4.78, 5) is 12.8. The summed E-state index contributed by atoms with van der Waals surface area (Å²) in [5.74, 6) is 1.18. The second kappa shape index (κ2) is 6.23. The Kier molecular flexibility index (Phi) is 5.19. The number of carbonyl (C=O) groups excluding carboxylic acids is 1. The van der Waals surface area contributed by atoms with Gasteiger partial charge in [-0.25, -0.2) is 0 Å². The molecule has 2 N–H and O–H groups in total. The van der Waals surface area contributed by atoms with E-state index in [1.807, 2.05) is 0 Å². The number of hydrogen-bond acceptors (Lipinski definition) is 4. The first kappa shape index (κ1) is 10.8. The van der Waals surface area contributed by atoms with Gasteiger partial charge in [0.1, 0.15) is 0 Å². The van der Waals surface area contributed by atoms with Gasteiger partial charge in [-0.3, -0.25) is 9.69 Å². The third-order valence-corrected chi connectivity index (χ3v) is 2.86. The summed E-state index contributed by atoms with van der Waals surface area (Å²) in [5.41, 5.74) is 5.02. The van der Waals surface area contributed by atoms with E-state index in [1.165, 1.54) is 0 Å². The maximum Gasteiger partial charge on any atom is 0.227 e. The molecule has 1 aliphatic rings. The van der Waals surface area contributed by atoms with Crippen molar-refractivity contribution < 1.29 is 9.53 Å². The molecule has 76 valence electrons. The average Bonchev–Trinajstić information content (AvgIpc) is 2.14. The number of amides is 1. The van der Waals surface area contributed by atoms with E-state index in [4.69, 9.17) is 10.5 Å². The summed E-state index contributed by atoms with van der Waals surface area (Å²) in [5, 5.41) is 0. The average molecular weight is 204 g/mol. The highest BCUT2D eigenvalue weighted by Gasteiger charge is 2.09. The normalized spacial score (nSPS) is 18.8. The van der Waals surface area contributed by atoms with Gasteiger partial charge in [0.15, 0.2) is 0 Å². The number of primary amides is 1. The summed E-state index contributed by atoms with van der Waals surface area (Å²) >= 11 is 1.60. The molecule has 1 fully saturated rings. The van der Waals surface area contributed by atoms with Gasteiger partial charge in [-0.2, -0.15) is 11.8 Å². The Hall–Kier alpha value is -0.260. The third-order valence-electron chi connectivity index (χ3n) is 1.90. The summed E-state index contributed by atoms with van der Waals surface area (Å²) < 4.78 is 5.22. The summed E-state index contributed by atoms with van der Waals surface area (Å²) in [7, 11) is 0. The summed E-state index contributed by atoms with van der Waals surface area (Å²) in [6, 6.07) is 0. The molecular weight excluding hydrogens is 188 g/mol. The first-order chi connectivity index (χ1) is 6.29. The van der Waals surface area contributed by atoms with Crippen LogP contribution in [-0.2, 0) is 9.53 Å². The van der Waals surface area contributed by atoms with Crippen LogP contribution in [0.15, 0.2) is 0 Å². The molecule has 0 spiro atoms. The van der Waals surface area contributed by atoms with Crippen molar-refractivity contribution >= 4 is 17.7 Å². The van der Waals surface area contributed by atoms with Gasteiger partial charge in [0.05, 0.1) is 19.0 Å². The molecular formula is C8H16N2O2S. The van der Waals surface area contributed by atoms with Crippen LogP contribution in [0.4, 0.5) is 0 Å². The Labute approximate surface area is 82.8 Å². The molecule has 0 aromatic heterocycles. The monoisotopic (exact) mass is 204 g/mol. The summed E-state index contributed by atoms with van der Waals surface area (Å²) in [6.45, 7) is 4.72. The largest absolute Gasteiger partial charge is 0.379 e. The highest BCUT2D eigenvalue weighted by atomic mass is 32.2. The first-order valence-electron chi connectivity index (χ1n) is 4.45. The number of thioether (sulfide) groups is 1. The molecule has 4 nitrogen and oxygen atoms in total. The number of nitrogens with zero attached hydrogens (tertiary/aromatic N) is 1. The van der Waals surface area contributed by atoms with Crippen LogP contribution >= 0.6 is 11.8 Å². The molecule has 1 saturated heterocycles. The molecule has 13 heavy (non-hydrogen) atoms. The van der Waals surface area contributed by atoms with Crippen molar-refractivity contribution in [1.29, 1.82) is 0 Å². The molecule has 0 aromatic rings. The Bertz CT molecular complexity index is 160. The Morgan fingerprint density at radius 1 is 1.46 bits per heavy atom. The fraction of sp³-hybridized carbons (Fsp3) is 0.875. The van der Waals surface area contributed by atoms with Gasteiger partial charge in [0.25, 0.3) is 0 Å². The molecule has 0 aliphatic carbocycles. The van der Waals surface area contributed by atoms with E-state index in [0.29, 0.717) is 5.75 Å². The van der Waals surface area contributed by atoms with E-state index in [9.17, 15) is 4.79 Å². The van der Waals surface area contributed by atoms with Crippen molar-refractivity contribution in [3.05, 3.63) is 0 Å². The van der Waals surface area contributed by atoms with Gasteiger partial charge in [-0.15, -0.1) is 0 Å². The Morgan fingerprint density at radius 3 is 2.77 bits per heavy atom. The van der Waals surface area contributed by atoms with Crippen molar-refractivity contribution in [2.24, 2.45) is 5.73 Å². The van der Waals surface area contributed by atoms with E-state index in [2.05, 4.69) is 4.90 Å². The lowest BCUT2D eigenvalue weighted by molar-refractivity contribution is -0.115. The fourth-order valence-electron chi connectivity index (χ4n) is 1.19. The van der Waals surface area contributed by atoms with E-state index in [-0.39, 0.29) is 5.91 Å². The number of carbonyl (C=O) groups is 1. The van der Waals surface area contributed by atoms with Crippen LogP contribution in [0, 0.1) is 0 Å². The lowest BCUT2D eigenvalue weighted by atomic mass is 10.4. The highest BCUT2D eigenvalue weighted by molar-refractivity contribution is 7.99. The fourth-order valence-corrected chi connectivity index (χ4v) is 1.92. The van der Waals surface area contributed by atoms with Crippen LogP contribution in [0.3, 0.4) is 0 Å². The molecule has 0 bridgehead atoms. The molecule has 0 saturated carbocycles. The number of ether oxygens (including phenoxy) is 1. The van der Waals surface area contributed by atoms with E-state index < -0.39 is 0 Å². The standard InChI is InChI=1S/C8H16N2O2S/c9-8(11)7-13-6-3-10-1-4-12-5-2-10/h1-7H2,(H2,9,11). The summed E-state index contributed by atoms with van der Waals surface area (Å²) in [6.07, 6.45) is 0. The van der Waals surface area contributed by atoms with E-state index in [1.54, 1.807) is 11.8 Å². The topological polar surface area (TPSA) is 55.6 Å². The molecule has 1 rings (SSSR count). The SMILES string of the molecule is NC(=O)CSCCN1CCOCC1. The van der Waals surface area contributed by atoms with Crippen molar-refractivity contribution in [2.75, 3.05) is 44.4 Å². The zero-order chi connectivity index (χ0) is 9.52. The molecule has 0 aromatic carbocycles. The third kappa shape index (κ3) is 5.13. The van der Waals surface area contributed by atoms with Crippen LogP contribution in [0.5, 0.6) is 0 Å². The van der Waals surface area contributed by atoms with Gasteiger partial charge in [0.2, 0.25) is 5.91 Å². The van der Waals surface area contributed by atoms with Crippen molar-refractivity contribution in [2.45, 2.75) is 0 Å². The predicted octanol–water partition coefficient (Wildman–Crippen LogP) is -0.463. The second-order valence-electron chi connectivity index (χ2n) is 2.97. The highest BCUT2D eigenvalue weighted by Crippen LogP contribution is 2.02. The molecule has 0 radical (unpaired) electrons. The molecule has 1 amide bonds. The zero-order valence-corrected chi connectivity index (χ0v) is 8.52. The van der Waals surface area contributed by atoms with Gasteiger partial charge in [0, 0.05) is 25.4 Å². The van der Waals surface area contributed by atoms with Gasteiger partial charge < -0.3 is 10.5 Å². The smallest absolute Gasteiger partial charge is 0.227 e. The van der Waals surface area contributed by atoms with Crippen molar-refractivity contribution in [1.82, 2.24) is 4.90 Å². The minimum atomic E-state index is -0.230. The number of morpholine rings is 1. The van der Waals surface area contributed by atoms with Gasteiger partial charge in [-0.05, 0) is 0 Å². The minimum absolute atomic E-state index is 0.230.